The summed E-state index contributed by atoms with van der Waals surface area (Å²) in [5.41, 5.74) is 0.779. The number of amides is 2. The zero-order valence-corrected chi connectivity index (χ0v) is 22.3. The molecule has 0 aliphatic heterocycles. The van der Waals surface area contributed by atoms with Crippen LogP contribution in [0.1, 0.15) is 32.3 Å². The molecule has 1 atom stereocenters. The van der Waals surface area contributed by atoms with Crippen molar-refractivity contribution in [1.29, 1.82) is 0 Å². The van der Waals surface area contributed by atoms with E-state index in [-0.39, 0.29) is 17.3 Å². The second-order valence-electron chi connectivity index (χ2n) is 8.74. The van der Waals surface area contributed by atoms with E-state index in [9.17, 15) is 18.0 Å². The molecule has 3 rings (SSSR count). The zero-order chi connectivity index (χ0) is 26.3. The van der Waals surface area contributed by atoms with Crippen molar-refractivity contribution >= 4 is 44.2 Å². The van der Waals surface area contributed by atoms with Crippen molar-refractivity contribution in [3.8, 4) is 0 Å². The quantitative estimate of drug-likeness (QED) is 0.372. The molecule has 1 N–H and O–H groups in total. The molecular weight excluding hydrogens is 498 g/mol. The maximum absolute atomic E-state index is 13.4. The molecule has 0 bridgehead atoms. The Morgan fingerprint density at radius 2 is 1.67 bits per heavy atom. The summed E-state index contributed by atoms with van der Waals surface area (Å²) in [5.74, 6) is -0.763. The second-order valence-corrected chi connectivity index (χ2v) is 11.2. The van der Waals surface area contributed by atoms with E-state index in [2.05, 4.69) is 5.32 Å². The number of rotatable bonds is 11. The van der Waals surface area contributed by atoms with Crippen LogP contribution >= 0.6 is 11.6 Å². The lowest BCUT2D eigenvalue weighted by atomic mass is 10.1. The van der Waals surface area contributed by atoms with Crippen molar-refractivity contribution in [1.82, 2.24) is 14.5 Å². The highest BCUT2D eigenvalue weighted by Crippen LogP contribution is 2.22. The van der Waals surface area contributed by atoms with E-state index in [1.165, 1.54) is 18.0 Å². The van der Waals surface area contributed by atoms with Crippen LogP contribution in [0.5, 0.6) is 0 Å². The van der Waals surface area contributed by atoms with E-state index in [0.717, 1.165) is 33.5 Å². The first kappa shape index (κ1) is 27.6. The summed E-state index contributed by atoms with van der Waals surface area (Å²) in [7, 11) is -2.56. The monoisotopic (exact) mass is 529 g/mol. The van der Waals surface area contributed by atoms with Crippen molar-refractivity contribution < 1.29 is 18.0 Å². The number of halogens is 1. The standard InChI is InChI=1S/C27H32ClN3O4S/c1-4-5-16-29-27(33)20(2)31(18-21-10-13-24(28)14-11-21)26(32)19-30(3)36(34,35)25-15-12-22-8-6-7-9-23(22)17-25/h6-15,17,20H,4-5,16,18-19H2,1-3H3,(H,29,33). The number of nitrogens with one attached hydrogen (secondary N) is 1. The summed E-state index contributed by atoms with van der Waals surface area (Å²) in [5, 5.41) is 5.13. The van der Waals surface area contributed by atoms with Crippen LogP contribution in [0.3, 0.4) is 0 Å². The lowest BCUT2D eigenvalue weighted by molar-refractivity contribution is -0.140. The molecule has 9 heteroatoms. The van der Waals surface area contributed by atoms with Gasteiger partial charge in [-0.2, -0.15) is 4.31 Å². The fourth-order valence-corrected chi connectivity index (χ4v) is 5.06. The van der Waals surface area contributed by atoms with Crippen LogP contribution in [0, 0.1) is 0 Å². The lowest BCUT2D eigenvalue weighted by Gasteiger charge is -2.30. The van der Waals surface area contributed by atoms with Gasteiger partial charge in [0.25, 0.3) is 0 Å². The Morgan fingerprint density at radius 1 is 1.00 bits per heavy atom. The van der Waals surface area contributed by atoms with Crippen molar-refractivity contribution in [3.63, 3.8) is 0 Å². The fraction of sp³-hybridized carbons (Fsp3) is 0.333. The Morgan fingerprint density at radius 3 is 2.33 bits per heavy atom. The predicted molar refractivity (Wildman–Crippen MR) is 143 cm³/mol. The smallest absolute Gasteiger partial charge is 0.243 e. The fourth-order valence-electron chi connectivity index (χ4n) is 3.78. The number of sulfonamides is 1. The Hall–Kier alpha value is -2.94. The van der Waals surface area contributed by atoms with Gasteiger partial charge in [0.2, 0.25) is 21.8 Å². The average Bonchev–Trinajstić information content (AvgIpc) is 2.87. The number of carbonyl (C=O) groups is 2. The summed E-state index contributed by atoms with van der Waals surface area (Å²) < 4.78 is 27.6. The lowest BCUT2D eigenvalue weighted by Crippen LogP contribution is -2.50. The van der Waals surface area contributed by atoms with Gasteiger partial charge in [-0.1, -0.05) is 67.4 Å². The minimum Gasteiger partial charge on any atom is -0.354 e. The molecule has 0 radical (unpaired) electrons. The largest absolute Gasteiger partial charge is 0.354 e. The number of hydrogen-bond donors (Lipinski definition) is 1. The summed E-state index contributed by atoms with van der Waals surface area (Å²) in [6.07, 6.45) is 1.76. The first-order chi connectivity index (χ1) is 17.1. The third kappa shape index (κ3) is 6.84. The number of hydrogen-bond acceptors (Lipinski definition) is 4. The molecule has 3 aromatic carbocycles. The van der Waals surface area contributed by atoms with Crippen LogP contribution in [-0.2, 0) is 26.2 Å². The maximum atomic E-state index is 13.4. The molecule has 0 aromatic heterocycles. The van der Waals surface area contributed by atoms with Crippen molar-refractivity contribution in [2.75, 3.05) is 20.1 Å². The van der Waals surface area contributed by atoms with Gasteiger partial charge in [0.15, 0.2) is 0 Å². The molecule has 0 saturated heterocycles. The van der Waals surface area contributed by atoms with Gasteiger partial charge in [-0.15, -0.1) is 0 Å². The molecule has 2 amide bonds. The molecule has 0 heterocycles. The number of unbranched alkanes of at least 4 members (excludes halogenated alkanes) is 1. The van der Waals surface area contributed by atoms with Crippen molar-refractivity contribution in [2.45, 2.75) is 44.2 Å². The van der Waals surface area contributed by atoms with Crippen molar-refractivity contribution in [2.24, 2.45) is 0 Å². The second kappa shape index (κ2) is 12.3. The van der Waals surface area contributed by atoms with Gasteiger partial charge in [0.1, 0.15) is 6.04 Å². The van der Waals surface area contributed by atoms with E-state index in [0.29, 0.717) is 11.6 Å². The van der Waals surface area contributed by atoms with Crippen LogP contribution in [-0.4, -0.2) is 55.6 Å². The molecule has 1 unspecified atom stereocenters. The summed E-state index contributed by atoms with van der Waals surface area (Å²) in [6.45, 7) is 3.92. The Bertz CT molecular complexity index is 1310. The number of likely N-dealkylation sites (N-methyl/N-ethyl adjacent to an activating group) is 1. The number of benzene rings is 3. The number of carbonyl (C=O) groups excluding carboxylic acids is 2. The molecule has 3 aromatic rings. The van der Waals surface area contributed by atoms with Gasteiger partial charge in [0, 0.05) is 25.2 Å². The highest BCUT2D eigenvalue weighted by molar-refractivity contribution is 7.89. The van der Waals surface area contributed by atoms with Crippen LogP contribution in [0.4, 0.5) is 0 Å². The van der Waals surface area contributed by atoms with Gasteiger partial charge >= 0.3 is 0 Å². The van der Waals surface area contributed by atoms with Crippen LogP contribution in [0.15, 0.2) is 71.6 Å². The van der Waals surface area contributed by atoms with Crippen LogP contribution in [0.2, 0.25) is 5.02 Å². The van der Waals surface area contributed by atoms with E-state index in [1.807, 2.05) is 31.2 Å². The van der Waals surface area contributed by atoms with E-state index in [1.54, 1.807) is 43.3 Å². The molecule has 0 aliphatic carbocycles. The van der Waals surface area contributed by atoms with Gasteiger partial charge in [0.05, 0.1) is 11.4 Å². The minimum absolute atomic E-state index is 0.103. The highest BCUT2D eigenvalue weighted by atomic mass is 35.5. The summed E-state index contributed by atoms with van der Waals surface area (Å²) >= 11 is 5.99. The third-order valence-electron chi connectivity index (χ3n) is 6.05. The molecule has 0 saturated carbocycles. The van der Waals surface area contributed by atoms with Crippen molar-refractivity contribution in [3.05, 3.63) is 77.3 Å². The maximum Gasteiger partial charge on any atom is 0.243 e. The first-order valence-electron chi connectivity index (χ1n) is 11.9. The molecular formula is C27H32ClN3O4S. The van der Waals surface area contributed by atoms with Crippen LogP contribution < -0.4 is 5.32 Å². The van der Waals surface area contributed by atoms with E-state index >= 15 is 0 Å². The molecule has 192 valence electrons. The van der Waals surface area contributed by atoms with E-state index < -0.39 is 28.5 Å². The Labute approximate surface area is 218 Å². The van der Waals surface area contributed by atoms with Gasteiger partial charge in [-0.05, 0) is 53.9 Å². The molecule has 36 heavy (non-hydrogen) atoms. The van der Waals surface area contributed by atoms with Crippen LogP contribution in [0.25, 0.3) is 10.8 Å². The average molecular weight is 530 g/mol. The zero-order valence-electron chi connectivity index (χ0n) is 20.8. The molecule has 0 spiro atoms. The summed E-state index contributed by atoms with van der Waals surface area (Å²) in [6, 6.07) is 18.5. The highest BCUT2D eigenvalue weighted by Gasteiger charge is 2.30. The SMILES string of the molecule is CCCCNC(=O)C(C)N(Cc1ccc(Cl)cc1)C(=O)CN(C)S(=O)(=O)c1ccc2ccccc2c1. The first-order valence-corrected chi connectivity index (χ1v) is 13.7. The van der Waals surface area contributed by atoms with Gasteiger partial charge in [-0.25, -0.2) is 8.42 Å². The predicted octanol–water partition coefficient (Wildman–Crippen LogP) is 4.45. The molecule has 7 nitrogen and oxygen atoms in total. The van der Waals surface area contributed by atoms with Gasteiger partial charge < -0.3 is 10.2 Å². The third-order valence-corrected chi connectivity index (χ3v) is 8.10. The topological polar surface area (TPSA) is 86.8 Å². The molecule has 0 aliphatic rings. The Balaban J connectivity index is 1.81. The van der Waals surface area contributed by atoms with Gasteiger partial charge in [-0.3, -0.25) is 9.59 Å². The molecule has 0 fully saturated rings. The Kier molecular flexibility index (Phi) is 9.48. The number of nitrogens with zero attached hydrogens (tertiary/aromatic N) is 2. The summed E-state index contributed by atoms with van der Waals surface area (Å²) in [4.78, 5) is 27.7. The minimum atomic E-state index is -3.93. The normalized spacial score (nSPS) is 12.5. The number of fused-ring (bicyclic) bond motifs is 1. The van der Waals surface area contributed by atoms with E-state index in [4.69, 9.17) is 11.6 Å².